The van der Waals surface area contributed by atoms with Crippen LogP contribution >= 0.6 is 12.4 Å². The van der Waals surface area contributed by atoms with Crippen molar-refractivity contribution in [2.45, 2.75) is 31.7 Å². The molecule has 2 bridgehead atoms. The highest BCUT2D eigenvalue weighted by molar-refractivity contribution is 5.94. The van der Waals surface area contributed by atoms with Crippen LogP contribution in [0.25, 0.3) is 0 Å². The van der Waals surface area contributed by atoms with Crippen LogP contribution in [-0.2, 0) is 4.79 Å². The van der Waals surface area contributed by atoms with Crippen LogP contribution in [0, 0.1) is 23.6 Å². The molecule has 1 aromatic rings. The molecule has 0 aromatic heterocycles. The van der Waals surface area contributed by atoms with Gasteiger partial charge in [0.1, 0.15) is 5.82 Å². The van der Waals surface area contributed by atoms with Crippen LogP contribution in [-0.4, -0.2) is 53.8 Å². The molecule has 2 amide bonds. The topological polar surface area (TPSA) is 66.6 Å². The van der Waals surface area contributed by atoms with Gasteiger partial charge >= 0.3 is 0 Å². The lowest BCUT2D eigenvalue weighted by Crippen LogP contribution is -2.48. The van der Waals surface area contributed by atoms with E-state index in [2.05, 4.69) is 0 Å². The third-order valence-corrected chi connectivity index (χ3v) is 6.46. The van der Waals surface area contributed by atoms with Crippen LogP contribution in [0.15, 0.2) is 24.3 Å². The molecule has 3 fully saturated rings. The maximum absolute atomic E-state index is 13.9. The van der Waals surface area contributed by atoms with E-state index in [0.717, 1.165) is 19.3 Å². The summed E-state index contributed by atoms with van der Waals surface area (Å²) in [6.45, 7) is 2.12. The number of fused-ring (bicyclic) bond motifs is 2. The fourth-order valence-electron chi connectivity index (χ4n) is 5.06. The van der Waals surface area contributed by atoms with Gasteiger partial charge in [-0.05, 0) is 49.7 Å². The number of nitrogens with two attached hydrogens (primary N) is 1. The van der Waals surface area contributed by atoms with E-state index in [-0.39, 0.29) is 41.7 Å². The van der Waals surface area contributed by atoms with Gasteiger partial charge in [-0.1, -0.05) is 12.1 Å². The van der Waals surface area contributed by atoms with Crippen LogP contribution in [0.3, 0.4) is 0 Å². The number of benzene rings is 1. The second-order valence-electron chi connectivity index (χ2n) is 7.89. The number of carbonyl (C=O) groups is 2. The van der Waals surface area contributed by atoms with E-state index in [1.807, 2.05) is 4.90 Å². The average Bonchev–Trinajstić information content (AvgIpc) is 3.13. The number of amides is 2. The molecule has 0 spiro atoms. The van der Waals surface area contributed by atoms with Crippen molar-refractivity contribution in [2.75, 3.05) is 26.2 Å². The fraction of sp³-hybridized carbons (Fsp3) is 0.600. The van der Waals surface area contributed by atoms with Crippen LogP contribution in [0.4, 0.5) is 4.39 Å². The van der Waals surface area contributed by atoms with Crippen molar-refractivity contribution >= 4 is 24.2 Å². The zero-order valence-electron chi connectivity index (χ0n) is 15.4. The van der Waals surface area contributed by atoms with E-state index in [4.69, 9.17) is 5.73 Å². The summed E-state index contributed by atoms with van der Waals surface area (Å²) >= 11 is 0. The van der Waals surface area contributed by atoms with Gasteiger partial charge in [-0.25, -0.2) is 4.39 Å². The van der Waals surface area contributed by atoms with Crippen LogP contribution < -0.4 is 5.73 Å². The smallest absolute Gasteiger partial charge is 0.256 e. The molecule has 5 nitrogen and oxygen atoms in total. The lowest BCUT2D eigenvalue weighted by Gasteiger charge is -2.32. The van der Waals surface area contributed by atoms with E-state index >= 15 is 0 Å². The Bertz CT molecular complexity index is 714. The maximum Gasteiger partial charge on any atom is 0.256 e. The molecule has 4 rings (SSSR count). The third-order valence-electron chi connectivity index (χ3n) is 6.46. The molecule has 2 saturated carbocycles. The number of rotatable bonds is 2. The van der Waals surface area contributed by atoms with Crippen molar-refractivity contribution in [3.8, 4) is 0 Å². The van der Waals surface area contributed by atoms with Crippen molar-refractivity contribution in [1.82, 2.24) is 9.80 Å². The van der Waals surface area contributed by atoms with Crippen LogP contribution in [0.5, 0.6) is 0 Å². The van der Waals surface area contributed by atoms with Gasteiger partial charge in [-0.15, -0.1) is 12.4 Å². The standard InChI is InChI=1S/C20H26FN3O2.ClH/c21-16-5-2-1-4-15(16)19(25)23-8-3-9-24(11-10-23)20(26)17-13-6-7-14(12-13)18(17)22;/h1-2,4-5,13-14,17-18H,3,6-12,22H2;1H. The number of hydrogen-bond acceptors (Lipinski definition) is 3. The summed E-state index contributed by atoms with van der Waals surface area (Å²) in [5.41, 5.74) is 6.42. The van der Waals surface area contributed by atoms with Crippen molar-refractivity contribution in [2.24, 2.45) is 23.5 Å². The van der Waals surface area contributed by atoms with Gasteiger partial charge in [-0.3, -0.25) is 9.59 Å². The number of carbonyl (C=O) groups excluding carboxylic acids is 2. The molecule has 3 aliphatic rings. The summed E-state index contributed by atoms with van der Waals surface area (Å²) in [5, 5.41) is 0. The van der Waals surface area contributed by atoms with E-state index in [1.165, 1.54) is 12.1 Å². The Morgan fingerprint density at radius 2 is 1.67 bits per heavy atom. The highest BCUT2D eigenvalue weighted by Crippen LogP contribution is 2.48. The SMILES string of the molecule is Cl.NC1C2CCC(C2)C1C(=O)N1CCCN(C(=O)c2ccccc2F)CC1. The summed E-state index contributed by atoms with van der Waals surface area (Å²) in [6.07, 6.45) is 4.06. The quantitative estimate of drug-likeness (QED) is 0.835. The highest BCUT2D eigenvalue weighted by atomic mass is 35.5. The fourth-order valence-corrected chi connectivity index (χ4v) is 5.06. The van der Waals surface area contributed by atoms with Gasteiger partial charge in [0, 0.05) is 32.2 Å². The summed E-state index contributed by atoms with van der Waals surface area (Å²) in [6, 6.07) is 6.05. The molecular formula is C20H27ClFN3O2. The van der Waals surface area contributed by atoms with Crippen molar-refractivity contribution < 1.29 is 14.0 Å². The average molecular weight is 396 g/mol. The lowest BCUT2D eigenvalue weighted by atomic mass is 9.84. The Morgan fingerprint density at radius 3 is 2.37 bits per heavy atom. The second kappa shape index (κ2) is 8.15. The van der Waals surface area contributed by atoms with E-state index in [0.29, 0.717) is 44.4 Å². The Balaban J connectivity index is 0.00000210. The van der Waals surface area contributed by atoms with Gasteiger partial charge in [0.15, 0.2) is 0 Å². The van der Waals surface area contributed by atoms with Gasteiger partial charge < -0.3 is 15.5 Å². The van der Waals surface area contributed by atoms with Gasteiger partial charge in [0.05, 0.1) is 11.5 Å². The normalized spacial score (nSPS) is 30.0. The minimum atomic E-state index is -0.498. The Morgan fingerprint density at radius 1 is 1.00 bits per heavy atom. The predicted octanol–water partition coefficient (Wildman–Crippen LogP) is 2.30. The Kier molecular flexibility index (Phi) is 6.06. The second-order valence-corrected chi connectivity index (χ2v) is 7.89. The summed E-state index contributed by atoms with van der Waals surface area (Å²) < 4.78 is 13.9. The molecule has 1 aromatic carbocycles. The lowest BCUT2D eigenvalue weighted by molar-refractivity contribution is -0.137. The summed E-state index contributed by atoms with van der Waals surface area (Å²) in [7, 11) is 0. The molecular weight excluding hydrogens is 369 g/mol. The maximum atomic E-state index is 13.9. The molecule has 7 heteroatoms. The predicted molar refractivity (Wildman–Crippen MR) is 103 cm³/mol. The molecule has 0 radical (unpaired) electrons. The zero-order valence-corrected chi connectivity index (χ0v) is 16.2. The first-order valence-corrected chi connectivity index (χ1v) is 9.64. The number of hydrogen-bond donors (Lipinski definition) is 1. The molecule has 4 unspecified atom stereocenters. The monoisotopic (exact) mass is 395 g/mol. The first-order chi connectivity index (χ1) is 12.6. The van der Waals surface area contributed by atoms with E-state index < -0.39 is 5.82 Å². The molecule has 1 saturated heterocycles. The van der Waals surface area contributed by atoms with E-state index in [9.17, 15) is 14.0 Å². The van der Waals surface area contributed by atoms with Crippen molar-refractivity contribution in [3.05, 3.63) is 35.6 Å². The minimum Gasteiger partial charge on any atom is -0.341 e. The molecule has 1 heterocycles. The molecule has 148 valence electrons. The minimum absolute atomic E-state index is 0. The molecule has 2 N–H and O–H groups in total. The summed E-state index contributed by atoms with van der Waals surface area (Å²) in [4.78, 5) is 29.2. The first-order valence-electron chi connectivity index (χ1n) is 9.64. The van der Waals surface area contributed by atoms with Gasteiger partial charge in [0.2, 0.25) is 5.91 Å². The molecule has 2 aliphatic carbocycles. The number of halogens is 2. The van der Waals surface area contributed by atoms with Gasteiger partial charge in [0.25, 0.3) is 5.91 Å². The van der Waals surface area contributed by atoms with Gasteiger partial charge in [-0.2, -0.15) is 0 Å². The largest absolute Gasteiger partial charge is 0.341 e. The first kappa shape index (κ1) is 20.1. The highest BCUT2D eigenvalue weighted by Gasteiger charge is 2.50. The molecule has 1 aliphatic heterocycles. The molecule has 27 heavy (non-hydrogen) atoms. The molecule has 4 atom stereocenters. The zero-order chi connectivity index (χ0) is 18.3. The Hall–Kier alpha value is -1.66. The number of nitrogens with zero attached hydrogens (tertiary/aromatic N) is 2. The Labute approximate surface area is 165 Å². The van der Waals surface area contributed by atoms with Crippen molar-refractivity contribution in [3.63, 3.8) is 0 Å². The third kappa shape index (κ3) is 3.69. The van der Waals surface area contributed by atoms with E-state index in [1.54, 1.807) is 17.0 Å². The summed E-state index contributed by atoms with van der Waals surface area (Å²) in [5.74, 6) is 0.242. The van der Waals surface area contributed by atoms with Crippen LogP contribution in [0.1, 0.15) is 36.0 Å². The van der Waals surface area contributed by atoms with Crippen LogP contribution in [0.2, 0.25) is 0 Å². The van der Waals surface area contributed by atoms with Crippen molar-refractivity contribution in [1.29, 1.82) is 0 Å².